The zero-order chi connectivity index (χ0) is 27.8. The normalized spacial score (nSPS) is 17.7. The summed E-state index contributed by atoms with van der Waals surface area (Å²) in [7, 11) is 1.48. The Balaban J connectivity index is 1.25. The van der Waals surface area contributed by atoms with E-state index >= 15 is 4.39 Å². The average Bonchev–Trinajstić information content (AvgIpc) is 3.48. The van der Waals surface area contributed by atoms with Crippen molar-refractivity contribution in [3.8, 4) is 11.5 Å². The molecule has 0 bridgehead atoms. The Morgan fingerprint density at radius 1 is 1.20 bits per heavy atom. The van der Waals surface area contributed by atoms with Crippen molar-refractivity contribution in [1.29, 1.82) is 0 Å². The second-order valence-corrected chi connectivity index (χ2v) is 11.2. The second-order valence-electron chi connectivity index (χ2n) is 9.66. The number of pyridine rings is 1. The number of morpholine rings is 1. The molecule has 2 aliphatic rings. The van der Waals surface area contributed by atoms with Gasteiger partial charge in [-0.15, -0.1) is 0 Å². The molecule has 1 saturated heterocycles. The number of carbonyl (C=O) groups excluding carboxylic acids is 1. The number of amides is 1. The molecule has 3 aromatic heterocycles. The molecule has 1 unspecified atom stereocenters. The van der Waals surface area contributed by atoms with Gasteiger partial charge in [-0.25, -0.2) is 18.9 Å². The minimum Gasteiger partial charge on any atom is -0.497 e. The van der Waals surface area contributed by atoms with Crippen LogP contribution >= 0.6 is 22.9 Å². The van der Waals surface area contributed by atoms with Crippen LogP contribution in [0.1, 0.15) is 33.7 Å². The molecule has 1 amide bonds. The lowest BCUT2D eigenvalue weighted by molar-refractivity contribution is -0.135. The highest BCUT2D eigenvalue weighted by molar-refractivity contribution is 7.16. The predicted octanol–water partition coefficient (Wildman–Crippen LogP) is 3.68. The monoisotopic (exact) mass is 586 g/mol. The summed E-state index contributed by atoms with van der Waals surface area (Å²) in [6.07, 6.45) is 0.517. The number of aromatic nitrogens is 4. The molecule has 210 valence electrons. The number of hydrogen-bond acceptors (Lipinski definition) is 9. The van der Waals surface area contributed by atoms with Gasteiger partial charge in [0.2, 0.25) is 4.96 Å². The third-order valence-corrected chi connectivity index (χ3v) is 8.21. The summed E-state index contributed by atoms with van der Waals surface area (Å²) in [6, 6.07) is 7.47. The maximum atomic E-state index is 15.4. The van der Waals surface area contributed by atoms with Crippen LogP contribution in [0.5, 0.6) is 11.5 Å². The van der Waals surface area contributed by atoms with Crippen LogP contribution in [0.25, 0.3) is 4.96 Å². The molecule has 2 aliphatic heterocycles. The van der Waals surface area contributed by atoms with Crippen LogP contribution in [0, 0.1) is 12.7 Å². The molecule has 1 atom stereocenters. The summed E-state index contributed by atoms with van der Waals surface area (Å²) < 4.78 is 33.6. The first-order valence-corrected chi connectivity index (χ1v) is 14.2. The van der Waals surface area contributed by atoms with Crippen molar-refractivity contribution >= 4 is 33.8 Å². The van der Waals surface area contributed by atoms with Crippen LogP contribution in [0.2, 0.25) is 5.15 Å². The number of aryl methyl sites for hydroxylation is 1. The highest BCUT2D eigenvalue weighted by atomic mass is 35.5. The predicted molar refractivity (Wildman–Crippen MR) is 147 cm³/mol. The Hall–Kier alpha value is -3.32. The molecule has 6 rings (SSSR count). The van der Waals surface area contributed by atoms with Crippen molar-refractivity contribution in [3.63, 3.8) is 0 Å². The van der Waals surface area contributed by atoms with Gasteiger partial charge in [-0.2, -0.15) is 5.10 Å². The molecule has 4 aromatic rings. The van der Waals surface area contributed by atoms with Gasteiger partial charge in [0.25, 0.3) is 5.91 Å². The van der Waals surface area contributed by atoms with Crippen molar-refractivity contribution in [2.24, 2.45) is 0 Å². The smallest absolute Gasteiger partial charge is 0.261 e. The molecule has 0 spiro atoms. The molecule has 0 saturated carbocycles. The van der Waals surface area contributed by atoms with E-state index in [1.165, 1.54) is 24.5 Å². The van der Waals surface area contributed by atoms with E-state index in [0.717, 1.165) is 29.5 Å². The molecule has 40 heavy (non-hydrogen) atoms. The summed E-state index contributed by atoms with van der Waals surface area (Å²) in [6.45, 7) is 5.67. The Morgan fingerprint density at radius 3 is 2.77 bits per heavy atom. The number of benzene rings is 1. The molecular weight excluding hydrogens is 559 g/mol. The first-order chi connectivity index (χ1) is 19.4. The molecule has 0 radical (unpaired) electrons. The highest BCUT2D eigenvalue weighted by Crippen LogP contribution is 2.38. The van der Waals surface area contributed by atoms with E-state index in [-0.39, 0.29) is 17.7 Å². The summed E-state index contributed by atoms with van der Waals surface area (Å²) in [5.74, 6) is -0.102. The lowest BCUT2D eigenvalue weighted by atomic mass is 9.95. The fourth-order valence-electron chi connectivity index (χ4n) is 5.17. The highest BCUT2D eigenvalue weighted by Gasteiger charge is 2.38. The third-order valence-electron chi connectivity index (χ3n) is 7.11. The van der Waals surface area contributed by atoms with Crippen LogP contribution in [0.3, 0.4) is 0 Å². The number of nitrogens with zero attached hydrogens (tertiary/aromatic N) is 6. The Bertz CT molecular complexity index is 1560. The quantitative estimate of drug-likeness (QED) is 0.303. The number of hydrogen-bond donors (Lipinski definition) is 0. The van der Waals surface area contributed by atoms with Crippen molar-refractivity contribution < 1.29 is 23.4 Å². The van der Waals surface area contributed by atoms with Gasteiger partial charge < -0.3 is 19.1 Å². The summed E-state index contributed by atoms with van der Waals surface area (Å²) in [5.41, 5.74) is 2.62. The lowest BCUT2D eigenvalue weighted by Crippen LogP contribution is -2.43. The van der Waals surface area contributed by atoms with E-state index in [2.05, 4.69) is 15.0 Å². The number of ether oxygens (including phenoxy) is 3. The van der Waals surface area contributed by atoms with Gasteiger partial charge in [0.1, 0.15) is 22.6 Å². The second kappa shape index (κ2) is 11.3. The van der Waals surface area contributed by atoms with Crippen LogP contribution in [-0.2, 0) is 22.5 Å². The Kier molecular flexibility index (Phi) is 7.58. The van der Waals surface area contributed by atoms with Crippen molar-refractivity contribution in [1.82, 2.24) is 29.4 Å². The van der Waals surface area contributed by atoms with E-state index < -0.39 is 11.9 Å². The topological polar surface area (TPSA) is 94.3 Å². The molecule has 13 heteroatoms. The first-order valence-electron chi connectivity index (χ1n) is 13.0. The van der Waals surface area contributed by atoms with Crippen LogP contribution in [-0.4, -0.2) is 81.9 Å². The molecule has 0 N–H and O–H groups in total. The zero-order valence-corrected chi connectivity index (χ0v) is 23.7. The van der Waals surface area contributed by atoms with Gasteiger partial charge in [-0.1, -0.05) is 22.9 Å². The number of halogens is 2. The number of imidazole rings is 1. The van der Waals surface area contributed by atoms with E-state index in [9.17, 15) is 4.79 Å². The molecule has 10 nitrogen and oxygen atoms in total. The maximum Gasteiger partial charge on any atom is 0.261 e. The van der Waals surface area contributed by atoms with Crippen LogP contribution in [0.15, 0.2) is 30.3 Å². The zero-order valence-electron chi connectivity index (χ0n) is 22.1. The van der Waals surface area contributed by atoms with Gasteiger partial charge in [0.15, 0.2) is 17.5 Å². The third kappa shape index (κ3) is 5.24. The van der Waals surface area contributed by atoms with E-state index in [4.69, 9.17) is 30.8 Å². The Morgan fingerprint density at radius 2 is 2.02 bits per heavy atom. The minimum absolute atomic E-state index is 0.188. The molecule has 1 fully saturated rings. The largest absolute Gasteiger partial charge is 0.497 e. The van der Waals surface area contributed by atoms with Crippen molar-refractivity contribution in [2.45, 2.75) is 25.9 Å². The van der Waals surface area contributed by atoms with Crippen LogP contribution < -0.4 is 9.47 Å². The molecular formula is C27H28ClFN6O4S. The van der Waals surface area contributed by atoms with Gasteiger partial charge in [0.05, 0.1) is 37.4 Å². The summed E-state index contributed by atoms with van der Waals surface area (Å²) >= 11 is 7.88. The standard InChI is InChI=1S/C27H28ClFN6O4S/c1-16-32-35-25-21(31-27(35)40-16)7-8-34(24(25)19-5-4-18(37-2)13-20(19)29)23(36)15-39-22-6-3-17(30-26(22)28)14-33-9-11-38-12-10-33/h3-6,13,24H,7-12,14-15H2,1-2H3. The van der Waals surface area contributed by atoms with Gasteiger partial charge in [0, 0.05) is 44.2 Å². The number of rotatable bonds is 7. The van der Waals surface area contributed by atoms with Crippen LogP contribution in [0.4, 0.5) is 4.39 Å². The van der Waals surface area contributed by atoms with E-state index in [1.807, 2.05) is 13.0 Å². The molecule has 5 heterocycles. The number of carbonyl (C=O) groups is 1. The van der Waals surface area contributed by atoms with Crippen molar-refractivity contribution in [3.05, 3.63) is 69.0 Å². The summed E-state index contributed by atoms with van der Waals surface area (Å²) in [4.78, 5) is 27.4. The SMILES string of the molecule is COc1ccc(C2c3c(nc4sc(C)nn34)CCN2C(=O)COc2ccc(CN3CCOCC3)nc2Cl)c(F)c1. The minimum atomic E-state index is -0.744. The van der Waals surface area contributed by atoms with E-state index in [1.54, 1.807) is 27.6 Å². The van der Waals surface area contributed by atoms with Gasteiger partial charge >= 0.3 is 0 Å². The fraction of sp³-hybridized carbons (Fsp3) is 0.407. The molecule has 0 aliphatic carbocycles. The molecule has 1 aromatic carbocycles. The number of methoxy groups -OCH3 is 1. The van der Waals surface area contributed by atoms with E-state index in [0.29, 0.717) is 60.4 Å². The van der Waals surface area contributed by atoms with Gasteiger partial charge in [-0.3, -0.25) is 9.69 Å². The Labute approximate surface area is 239 Å². The lowest BCUT2D eigenvalue weighted by Gasteiger charge is -2.35. The van der Waals surface area contributed by atoms with Crippen molar-refractivity contribution in [2.75, 3.05) is 46.6 Å². The maximum absolute atomic E-state index is 15.4. The first kappa shape index (κ1) is 26.9. The summed E-state index contributed by atoms with van der Waals surface area (Å²) in [5, 5.41) is 5.61. The average molecular weight is 587 g/mol. The van der Waals surface area contributed by atoms with Gasteiger partial charge in [-0.05, 0) is 31.2 Å². The fourth-order valence-corrected chi connectivity index (χ4v) is 6.16. The number of fused-ring (bicyclic) bond motifs is 3.